The molecular weight excluding hydrogens is 296 g/mol. The SMILES string of the molecule is Nc1nc(CCCNC(=O)c2nccc3ccccc23)cs1. The van der Waals surface area contributed by atoms with Gasteiger partial charge in [0.05, 0.1) is 5.69 Å². The molecule has 3 aromatic rings. The fourth-order valence-electron chi connectivity index (χ4n) is 2.29. The minimum atomic E-state index is -0.144. The van der Waals surface area contributed by atoms with E-state index in [0.717, 1.165) is 29.3 Å². The molecule has 0 bridgehead atoms. The smallest absolute Gasteiger partial charge is 0.270 e. The maximum absolute atomic E-state index is 12.3. The van der Waals surface area contributed by atoms with Crippen molar-refractivity contribution in [3.8, 4) is 0 Å². The maximum atomic E-state index is 12.3. The summed E-state index contributed by atoms with van der Waals surface area (Å²) in [5.41, 5.74) is 7.03. The summed E-state index contributed by atoms with van der Waals surface area (Å²) in [5.74, 6) is -0.144. The Morgan fingerprint density at radius 2 is 2.14 bits per heavy atom. The van der Waals surface area contributed by atoms with E-state index in [0.29, 0.717) is 17.4 Å². The number of thiazole rings is 1. The highest BCUT2D eigenvalue weighted by Crippen LogP contribution is 2.16. The number of nitrogens with one attached hydrogen (secondary N) is 1. The Bertz CT molecular complexity index is 794. The second kappa shape index (κ2) is 6.53. The number of aromatic nitrogens is 2. The number of nitrogens with zero attached hydrogens (tertiary/aromatic N) is 2. The van der Waals surface area contributed by atoms with Gasteiger partial charge in [-0.1, -0.05) is 24.3 Å². The molecule has 1 aromatic carbocycles. The Morgan fingerprint density at radius 3 is 2.95 bits per heavy atom. The molecule has 0 spiro atoms. The first-order valence-electron chi connectivity index (χ1n) is 7.06. The number of amides is 1. The number of anilines is 1. The molecule has 6 heteroatoms. The molecule has 0 aliphatic rings. The third kappa shape index (κ3) is 3.23. The quantitative estimate of drug-likeness (QED) is 0.710. The topological polar surface area (TPSA) is 80.9 Å². The minimum Gasteiger partial charge on any atom is -0.375 e. The van der Waals surface area contributed by atoms with Crippen molar-refractivity contribution < 1.29 is 4.79 Å². The fourth-order valence-corrected chi connectivity index (χ4v) is 2.89. The highest BCUT2D eigenvalue weighted by Gasteiger charge is 2.10. The Kier molecular flexibility index (Phi) is 4.29. The van der Waals surface area contributed by atoms with E-state index in [4.69, 9.17) is 5.73 Å². The number of hydrogen-bond acceptors (Lipinski definition) is 5. The third-order valence-electron chi connectivity index (χ3n) is 3.35. The van der Waals surface area contributed by atoms with Gasteiger partial charge in [-0.15, -0.1) is 11.3 Å². The van der Waals surface area contributed by atoms with Crippen molar-refractivity contribution >= 4 is 33.1 Å². The van der Waals surface area contributed by atoms with Gasteiger partial charge >= 0.3 is 0 Å². The first-order valence-corrected chi connectivity index (χ1v) is 7.94. The lowest BCUT2D eigenvalue weighted by molar-refractivity contribution is 0.0950. The van der Waals surface area contributed by atoms with Crippen molar-refractivity contribution in [2.24, 2.45) is 0 Å². The normalized spacial score (nSPS) is 10.7. The molecule has 22 heavy (non-hydrogen) atoms. The molecule has 2 heterocycles. The van der Waals surface area contributed by atoms with Gasteiger partial charge in [-0.05, 0) is 24.3 Å². The van der Waals surface area contributed by atoms with Crippen LogP contribution < -0.4 is 11.1 Å². The average Bonchev–Trinajstić information content (AvgIpc) is 2.96. The van der Waals surface area contributed by atoms with Crippen LogP contribution in [0.15, 0.2) is 41.9 Å². The van der Waals surface area contributed by atoms with Gasteiger partial charge in [0.15, 0.2) is 5.13 Å². The third-order valence-corrected chi connectivity index (χ3v) is 4.08. The van der Waals surface area contributed by atoms with Crippen LogP contribution in [0.25, 0.3) is 10.8 Å². The van der Waals surface area contributed by atoms with Crippen LogP contribution in [0, 0.1) is 0 Å². The van der Waals surface area contributed by atoms with Crippen LogP contribution in [-0.4, -0.2) is 22.4 Å². The molecule has 2 aromatic heterocycles. The zero-order valence-corrected chi connectivity index (χ0v) is 12.8. The van der Waals surface area contributed by atoms with Crippen LogP contribution in [0.1, 0.15) is 22.6 Å². The van der Waals surface area contributed by atoms with E-state index in [1.54, 1.807) is 6.20 Å². The number of rotatable bonds is 5. The Hall–Kier alpha value is -2.47. The van der Waals surface area contributed by atoms with Crippen LogP contribution in [0.2, 0.25) is 0 Å². The molecular formula is C16H16N4OS. The van der Waals surface area contributed by atoms with Gasteiger partial charge in [0.1, 0.15) is 5.69 Å². The van der Waals surface area contributed by atoms with Crippen molar-refractivity contribution in [2.75, 3.05) is 12.3 Å². The van der Waals surface area contributed by atoms with Gasteiger partial charge in [-0.2, -0.15) is 0 Å². The molecule has 0 atom stereocenters. The number of hydrogen-bond donors (Lipinski definition) is 2. The zero-order chi connectivity index (χ0) is 15.4. The van der Waals surface area contributed by atoms with Gasteiger partial charge in [-0.3, -0.25) is 9.78 Å². The molecule has 0 aliphatic carbocycles. The van der Waals surface area contributed by atoms with Crippen molar-refractivity contribution in [3.63, 3.8) is 0 Å². The van der Waals surface area contributed by atoms with E-state index >= 15 is 0 Å². The molecule has 0 saturated heterocycles. The number of pyridine rings is 1. The van der Waals surface area contributed by atoms with Crippen LogP contribution in [-0.2, 0) is 6.42 Å². The van der Waals surface area contributed by atoms with Gasteiger partial charge in [-0.25, -0.2) is 4.98 Å². The first kappa shape index (κ1) is 14.5. The fraction of sp³-hybridized carbons (Fsp3) is 0.188. The second-order valence-electron chi connectivity index (χ2n) is 4.92. The summed E-state index contributed by atoms with van der Waals surface area (Å²) in [6, 6.07) is 9.64. The Balaban J connectivity index is 1.59. The first-order chi connectivity index (χ1) is 10.7. The number of benzene rings is 1. The summed E-state index contributed by atoms with van der Waals surface area (Å²) < 4.78 is 0. The highest BCUT2D eigenvalue weighted by molar-refractivity contribution is 7.13. The molecule has 0 saturated carbocycles. The van der Waals surface area contributed by atoms with Gasteiger partial charge in [0.2, 0.25) is 0 Å². The van der Waals surface area contributed by atoms with Crippen LogP contribution in [0.3, 0.4) is 0 Å². The van der Waals surface area contributed by atoms with Crippen molar-refractivity contribution in [1.82, 2.24) is 15.3 Å². The molecule has 1 amide bonds. The average molecular weight is 312 g/mol. The van der Waals surface area contributed by atoms with Gasteiger partial charge in [0.25, 0.3) is 5.91 Å². The van der Waals surface area contributed by atoms with E-state index in [2.05, 4.69) is 15.3 Å². The Morgan fingerprint density at radius 1 is 1.27 bits per heavy atom. The summed E-state index contributed by atoms with van der Waals surface area (Å²) in [7, 11) is 0. The predicted octanol–water partition coefficient (Wildman–Crippen LogP) is 2.64. The van der Waals surface area contributed by atoms with E-state index in [1.165, 1.54) is 11.3 Å². The molecule has 0 fully saturated rings. The zero-order valence-electron chi connectivity index (χ0n) is 12.0. The summed E-state index contributed by atoms with van der Waals surface area (Å²) in [5, 5.41) is 7.33. The molecule has 112 valence electrons. The number of nitrogen functional groups attached to an aromatic ring is 1. The number of carbonyl (C=O) groups excluding carboxylic acids is 1. The summed E-state index contributed by atoms with van der Waals surface area (Å²) >= 11 is 1.44. The Labute approximate surface area is 132 Å². The van der Waals surface area contributed by atoms with Crippen molar-refractivity contribution in [1.29, 1.82) is 0 Å². The lowest BCUT2D eigenvalue weighted by Crippen LogP contribution is -2.25. The number of carbonyl (C=O) groups is 1. The monoisotopic (exact) mass is 312 g/mol. The van der Waals surface area contributed by atoms with Crippen LogP contribution in [0.5, 0.6) is 0 Å². The molecule has 5 nitrogen and oxygen atoms in total. The largest absolute Gasteiger partial charge is 0.375 e. The molecule has 0 unspecified atom stereocenters. The number of fused-ring (bicyclic) bond motifs is 1. The number of nitrogens with two attached hydrogens (primary N) is 1. The van der Waals surface area contributed by atoms with Crippen LogP contribution in [0.4, 0.5) is 5.13 Å². The van der Waals surface area contributed by atoms with Crippen LogP contribution >= 0.6 is 11.3 Å². The van der Waals surface area contributed by atoms with Crippen molar-refractivity contribution in [2.45, 2.75) is 12.8 Å². The number of aryl methyl sites for hydroxylation is 1. The summed E-state index contributed by atoms with van der Waals surface area (Å²) in [6.07, 6.45) is 3.28. The highest BCUT2D eigenvalue weighted by atomic mass is 32.1. The standard InChI is InChI=1S/C16H16N4OS/c17-16-20-12(10-22-16)5-3-8-19-15(21)14-13-6-2-1-4-11(13)7-9-18-14/h1-2,4,6-7,9-10H,3,5,8H2,(H2,17,20)(H,19,21). The van der Waals surface area contributed by atoms with E-state index in [1.807, 2.05) is 35.7 Å². The van der Waals surface area contributed by atoms with E-state index in [-0.39, 0.29) is 5.91 Å². The lowest BCUT2D eigenvalue weighted by Gasteiger charge is -2.06. The van der Waals surface area contributed by atoms with Gasteiger partial charge < -0.3 is 11.1 Å². The molecule has 0 radical (unpaired) electrons. The molecule has 3 N–H and O–H groups in total. The predicted molar refractivity (Wildman–Crippen MR) is 88.9 cm³/mol. The van der Waals surface area contributed by atoms with Gasteiger partial charge in [0, 0.05) is 23.5 Å². The van der Waals surface area contributed by atoms with E-state index in [9.17, 15) is 4.79 Å². The lowest BCUT2D eigenvalue weighted by atomic mass is 10.1. The summed E-state index contributed by atoms with van der Waals surface area (Å²) in [6.45, 7) is 0.584. The molecule has 0 aliphatic heterocycles. The minimum absolute atomic E-state index is 0.144. The second-order valence-corrected chi connectivity index (χ2v) is 5.81. The summed E-state index contributed by atoms with van der Waals surface area (Å²) in [4.78, 5) is 20.7. The van der Waals surface area contributed by atoms with E-state index < -0.39 is 0 Å². The molecule has 3 rings (SSSR count). The maximum Gasteiger partial charge on any atom is 0.270 e. The van der Waals surface area contributed by atoms with Crippen molar-refractivity contribution in [3.05, 3.63) is 53.3 Å².